The van der Waals surface area contributed by atoms with Crippen LogP contribution in [0.1, 0.15) is 0 Å². The maximum absolute atomic E-state index is 12.8. The summed E-state index contributed by atoms with van der Waals surface area (Å²) < 4.78 is 19.3. The second-order valence-electron chi connectivity index (χ2n) is 3.35. The molecule has 2 aromatic heterocycles. The number of aliphatic hydroxyl groups is 2. The molecular weight excluding hydrogens is 215 g/mol. The van der Waals surface area contributed by atoms with Crippen LogP contribution in [0.15, 0.2) is 24.4 Å². The Morgan fingerprint density at radius 3 is 3.06 bits per heavy atom. The van der Waals surface area contributed by atoms with Crippen molar-refractivity contribution >= 4 is 5.52 Å². The minimum atomic E-state index is -0.926. The molecule has 0 radical (unpaired) electrons. The van der Waals surface area contributed by atoms with E-state index in [1.54, 1.807) is 12.1 Å². The summed E-state index contributed by atoms with van der Waals surface area (Å²) in [7, 11) is 0. The van der Waals surface area contributed by atoms with Crippen LogP contribution in [0.4, 0.5) is 4.39 Å². The summed E-state index contributed by atoms with van der Waals surface area (Å²) in [6, 6.07) is 4.59. The minimum Gasteiger partial charge on any atom is -0.489 e. The number of pyridine rings is 1. The molecule has 86 valence electrons. The van der Waals surface area contributed by atoms with Crippen LogP contribution in [0, 0.1) is 5.95 Å². The van der Waals surface area contributed by atoms with Crippen LogP contribution >= 0.6 is 0 Å². The van der Waals surface area contributed by atoms with E-state index >= 15 is 0 Å². The monoisotopic (exact) mass is 226 g/mol. The Morgan fingerprint density at radius 2 is 2.31 bits per heavy atom. The lowest BCUT2D eigenvalue weighted by atomic mass is 10.4. The van der Waals surface area contributed by atoms with Crippen LogP contribution in [0.5, 0.6) is 5.75 Å². The summed E-state index contributed by atoms with van der Waals surface area (Å²) >= 11 is 0. The zero-order valence-electron chi connectivity index (χ0n) is 8.38. The van der Waals surface area contributed by atoms with Gasteiger partial charge in [-0.2, -0.15) is 4.39 Å². The molecule has 2 N–H and O–H groups in total. The van der Waals surface area contributed by atoms with Crippen molar-refractivity contribution in [3.63, 3.8) is 0 Å². The van der Waals surface area contributed by atoms with Gasteiger partial charge in [-0.25, -0.2) is 4.52 Å². The molecule has 0 amide bonds. The molecule has 1 atom stereocenters. The van der Waals surface area contributed by atoms with Gasteiger partial charge in [0.25, 0.3) is 0 Å². The molecule has 0 unspecified atom stereocenters. The van der Waals surface area contributed by atoms with Gasteiger partial charge in [-0.1, -0.05) is 0 Å². The third-order valence-electron chi connectivity index (χ3n) is 2.06. The summed E-state index contributed by atoms with van der Waals surface area (Å²) in [4.78, 5) is 0. The van der Waals surface area contributed by atoms with Crippen molar-refractivity contribution < 1.29 is 19.3 Å². The number of hydrogen-bond donors (Lipinski definition) is 2. The van der Waals surface area contributed by atoms with Gasteiger partial charge in [0.15, 0.2) is 0 Å². The van der Waals surface area contributed by atoms with Crippen LogP contribution in [0.25, 0.3) is 5.52 Å². The molecule has 0 fully saturated rings. The van der Waals surface area contributed by atoms with Crippen molar-refractivity contribution in [3.8, 4) is 5.75 Å². The number of aliphatic hydroxyl groups excluding tert-OH is 2. The first-order chi connectivity index (χ1) is 7.69. The molecule has 0 aliphatic rings. The first-order valence-corrected chi connectivity index (χ1v) is 4.75. The van der Waals surface area contributed by atoms with Crippen LogP contribution in [-0.2, 0) is 0 Å². The lowest BCUT2D eigenvalue weighted by Gasteiger charge is -2.09. The van der Waals surface area contributed by atoms with Gasteiger partial charge in [0, 0.05) is 6.07 Å². The van der Waals surface area contributed by atoms with Gasteiger partial charge in [0.1, 0.15) is 18.5 Å². The second-order valence-corrected chi connectivity index (χ2v) is 3.35. The SMILES string of the molecule is OC[C@H](O)COc1ccc2cc(F)nn2c1. The lowest BCUT2D eigenvalue weighted by Crippen LogP contribution is -2.21. The zero-order chi connectivity index (χ0) is 11.5. The number of halogens is 1. The average Bonchev–Trinajstić information content (AvgIpc) is 2.65. The largest absolute Gasteiger partial charge is 0.489 e. The molecule has 0 aliphatic carbocycles. The molecule has 6 heteroatoms. The Labute approximate surface area is 90.7 Å². The number of ether oxygens (including phenoxy) is 1. The normalized spacial score (nSPS) is 12.9. The van der Waals surface area contributed by atoms with Crippen LogP contribution in [-0.4, -0.2) is 39.1 Å². The standard InChI is InChI=1S/C10H11FN2O3/c11-10-3-7-1-2-9(4-13(7)12-10)16-6-8(15)5-14/h1-4,8,14-15H,5-6H2/t8-/m0/s1. The number of rotatable bonds is 4. The quantitative estimate of drug-likeness (QED) is 0.781. The Bertz CT molecular complexity index is 486. The molecule has 0 saturated heterocycles. The molecule has 0 aromatic carbocycles. The predicted molar refractivity (Wildman–Crippen MR) is 53.7 cm³/mol. The molecule has 2 rings (SSSR count). The highest BCUT2D eigenvalue weighted by Crippen LogP contribution is 2.13. The summed E-state index contributed by atoms with van der Waals surface area (Å²) in [5.41, 5.74) is 0.618. The van der Waals surface area contributed by atoms with E-state index in [-0.39, 0.29) is 13.2 Å². The van der Waals surface area contributed by atoms with E-state index in [9.17, 15) is 4.39 Å². The van der Waals surface area contributed by atoms with Gasteiger partial charge in [-0.05, 0) is 12.1 Å². The lowest BCUT2D eigenvalue weighted by molar-refractivity contribution is 0.0534. The van der Waals surface area contributed by atoms with Crippen molar-refractivity contribution in [3.05, 3.63) is 30.3 Å². The first kappa shape index (κ1) is 10.8. The van der Waals surface area contributed by atoms with Crippen LogP contribution in [0.3, 0.4) is 0 Å². The van der Waals surface area contributed by atoms with E-state index in [1.165, 1.54) is 16.8 Å². The predicted octanol–water partition coefficient (Wildman–Crippen LogP) is 0.205. The molecule has 2 aromatic rings. The number of nitrogens with zero attached hydrogens (tertiary/aromatic N) is 2. The zero-order valence-corrected chi connectivity index (χ0v) is 8.38. The molecule has 2 heterocycles. The topological polar surface area (TPSA) is 67.0 Å². The summed E-state index contributed by atoms with van der Waals surface area (Å²) in [5.74, 6) is -0.115. The Morgan fingerprint density at radius 1 is 1.50 bits per heavy atom. The number of aromatic nitrogens is 2. The maximum atomic E-state index is 12.8. The fourth-order valence-corrected chi connectivity index (χ4v) is 1.27. The van der Waals surface area contributed by atoms with E-state index < -0.39 is 12.1 Å². The molecule has 0 aliphatic heterocycles. The molecular formula is C10H11FN2O3. The first-order valence-electron chi connectivity index (χ1n) is 4.75. The van der Waals surface area contributed by atoms with Gasteiger partial charge in [0.05, 0.1) is 18.3 Å². The van der Waals surface area contributed by atoms with Gasteiger partial charge in [-0.3, -0.25) is 0 Å². The molecule has 0 saturated carbocycles. The van der Waals surface area contributed by atoms with E-state index in [2.05, 4.69) is 5.10 Å². The Kier molecular flexibility index (Phi) is 3.02. The third-order valence-corrected chi connectivity index (χ3v) is 2.06. The molecule has 0 spiro atoms. The van der Waals surface area contributed by atoms with Crippen molar-refractivity contribution in [1.29, 1.82) is 0 Å². The second kappa shape index (κ2) is 4.46. The molecule has 16 heavy (non-hydrogen) atoms. The molecule has 0 bridgehead atoms. The Balaban J connectivity index is 2.13. The number of fused-ring (bicyclic) bond motifs is 1. The average molecular weight is 226 g/mol. The summed E-state index contributed by atoms with van der Waals surface area (Å²) in [6.45, 7) is -0.385. The smallest absolute Gasteiger partial charge is 0.233 e. The van der Waals surface area contributed by atoms with Crippen LogP contribution in [0.2, 0.25) is 0 Å². The third kappa shape index (κ3) is 2.29. The van der Waals surface area contributed by atoms with Crippen LogP contribution < -0.4 is 4.74 Å². The Hall–Kier alpha value is -1.66. The highest BCUT2D eigenvalue weighted by atomic mass is 19.1. The van der Waals surface area contributed by atoms with E-state index in [4.69, 9.17) is 14.9 Å². The van der Waals surface area contributed by atoms with Gasteiger partial charge < -0.3 is 14.9 Å². The van der Waals surface area contributed by atoms with E-state index in [0.717, 1.165) is 0 Å². The highest BCUT2D eigenvalue weighted by Gasteiger charge is 2.05. The van der Waals surface area contributed by atoms with E-state index in [0.29, 0.717) is 11.3 Å². The van der Waals surface area contributed by atoms with Gasteiger partial charge >= 0.3 is 0 Å². The van der Waals surface area contributed by atoms with Crippen molar-refractivity contribution in [2.45, 2.75) is 6.10 Å². The van der Waals surface area contributed by atoms with Crippen molar-refractivity contribution in [2.24, 2.45) is 0 Å². The number of hydrogen-bond acceptors (Lipinski definition) is 4. The van der Waals surface area contributed by atoms with Crippen molar-refractivity contribution in [2.75, 3.05) is 13.2 Å². The minimum absolute atomic E-state index is 0.0221. The highest BCUT2D eigenvalue weighted by molar-refractivity contribution is 5.47. The van der Waals surface area contributed by atoms with E-state index in [1.807, 2.05) is 0 Å². The fraction of sp³-hybridized carbons (Fsp3) is 0.300. The summed E-state index contributed by atoms with van der Waals surface area (Å²) in [6.07, 6.45) is 0.577. The molecule has 5 nitrogen and oxygen atoms in total. The fourth-order valence-electron chi connectivity index (χ4n) is 1.27. The maximum Gasteiger partial charge on any atom is 0.233 e. The summed E-state index contributed by atoms with van der Waals surface area (Å²) in [5, 5.41) is 21.2. The van der Waals surface area contributed by atoms with Crippen molar-refractivity contribution in [1.82, 2.24) is 9.61 Å². The van der Waals surface area contributed by atoms with Gasteiger partial charge in [-0.15, -0.1) is 5.10 Å². The van der Waals surface area contributed by atoms with Gasteiger partial charge in [0.2, 0.25) is 5.95 Å².